The zero-order valence-electron chi connectivity index (χ0n) is 6.15. The van der Waals surface area contributed by atoms with Gasteiger partial charge in [0.05, 0.1) is 0 Å². The molecule has 0 amide bonds. The molecule has 1 aliphatic carbocycles. The zero-order chi connectivity index (χ0) is 7.40. The van der Waals surface area contributed by atoms with Crippen molar-refractivity contribution in [1.29, 1.82) is 0 Å². The number of hydrogen-bond donors (Lipinski definition) is 0. The molecule has 0 nitrogen and oxygen atoms in total. The lowest BCUT2D eigenvalue weighted by atomic mass is 10.1. The Morgan fingerprint density at radius 3 is 2.50 bits per heavy atom. The lowest BCUT2D eigenvalue weighted by Gasteiger charge is -2.04. The number of alkyl halides is 2. The average Bonchev–Trinajstić information content (AvgIpc) is 2.67. The van der Waals surface area contributed by atoms with Crippen molar-refractivity contribution in [3.05, 3.63) is 0 Å². The van der Waals surface area contributed by atoms with Gasteiger partial charge in [-0.1, -0.05) is 12.8 Å². The summed E-state index contributed by atoms with van der Waals surface area (Å²) < 4.78 is 0. The summed E-state index contributed by atoms with van der Waals surface area (Å²) >= 11 is 11.5. The van der Waals surface area contributed by atoms with E-state index < -0.39 is 0 Å². The molecule has 1 atom stereocenters. The van der Waals surface area contributed by atoms with E-state index in [9.17, 15) is 0 Å². The van der Waals surface area contributed by atoms with E-state index in [4.69, 9.17) is 23.2 Å². The molecule has 10 heavy (non-hydrogen) atoms. The Morgan fingerprint density at radius 2 is 2.00 bits per heavy atom. The molecule has 1 fully saturated rings. The van der Waals surface area contributed by atoms with Crippen molar-refractivity contribution < 1.29 is 0 Å². The molecule has 0 aromatic heterocycles. The van der Waals surface area contributed by atoms with Crippen molar-refractivity contribution >= 4 is 23.2 Å². The molecule has 60 valence electrons. The van der Waals surface area contributed by atoms with E-state index in [-0.39, 0.29) is 0 Å². The summed E-state index contributed by atoms with van der Waals surface area (Å²) in [6, 6.07) is 0. The van der Waals surface area contributed by atoms with E-state index in [2.05, 4.69) is 0 Å². The van der Waals surface area contributed by atoms with Gasteiger partial charge in [-0.3, -0.25) is 0 Å². The standard InChI is InChI=1S/C8H14Cl2/c9-6-5-8(10)4-3-7-1-2-7/h7-8H,1-6H2. The third-order valence-corrected chi connectivity index (χ3v) is 2.66. The number of hydrogen-bond acceptors (Lipinski definition) is 0. The molecule has 0 heterocycles. The highest BCUT2D eigenvalue weighted by atomic mass is 35.5. The van der Waals surface area contributed by atoms with Crippen molar-refractivity contribution in [1.82, 2.24) is 0 Å². The molecular formula is C8H14Cl2. The summed E-state index contributed by atoms with van der Waals surface area (Å²) in [6.45, 7) is 0. The van der Waals surface area contributed by atoms with E-state index in [1.165, 1.54) is 25.7 Å². The molecular weight excluding hydrogens is 167 g/mol. The van der Waals surface area contributed by atoms with Crippen LogP contribution in [0.4, 0.5) is 0 Å². The highest BCUT2D eigenvalue weighted by molar-refractivity contribution is 6.22. The van der Waals surface area contributed by atoms with Gasteiger partial charge in [-0.15, -0.1) is 23.2 Å². The van der Waals surface area contributed by atoms with Gasteiger partial charge in [-0.05, 0) is 25.2 Å². The SMILES string of the molecule is ClCCC(Cl)CCC1CC1. The Morgan fingerprint density at radius 1 is 1.30 bits per heavy atom. The van der Waals surface area contributed by atoms with Crippen molar-refractivity contribution in [2.24, 2.45) is 5.92 Å². The molecule has 0 bridgehead atoms. The van der Waals surface area contributed by atoms with Crippen LogP contribution in [0, 0.1) is 5.92 Å². The largest absolute Gasteiger partial charge is 0.127 e. The molecule has 0 aromatic carbocycles. The van der Waals surface area contributed by atoms with Crippen molar-refractivity contribution in [2.75, 3.05) is 5.88 Å². The molecule has 0 aromatic rings. The van der Waals surface area contributed by atoms with Crippen LogP contribution in [0.3, 0.4) is 0 Å². The summed E-state index contributed by atoms with van der Waals surface area (Å²) in [4.78, 5) is 0. The zero-order valence-corrected chi connectivity index (χ0v) is 7.67. The molecule has 0 radical (unpaired) electrons. The van der Waals surface area contributed by atoms with Gasteiger partial charge in [0, 0.05) is 11.3 Å². The topological polar surface area (TPSA) is 0 Å². The molecule has 0 N–H and O–H groups in total. The molecule has 0 saturated heterocycles. The van der Waals surface area contributed by atoms with Crippen molar-refractivity contribution in [2.45, 2.75) is 37.5 Å². The van der Waals surface area contributed by atoms with Crippen LogP contribution < -0.4 is 0 Å². The maximum absolute atomic E-state index is 5.97. The summed E-state index contributed by atoms with van der Waals surface area (Å²) in [6.07, 6.45) is 6.33. The second-order valence-corrected chi connectivity index (χ2v) is 4.09. The van der Waals surface area contributed by atoms with E-state index >= 15 is 0 Å². The smallest absolute Gasteiger partial charge is 0.0347 e. The summed E-state index contributed by atoms with van der Waals surface area (Å²) in [7, 11) is 0. The first-order valence-electron chi connectivity index (χ1n) is 4.03. The van der Waals surface area contributed by atoms with Gasteiger partial charge in [0.2, 0.25) is 0 Å². The van der Waals surface area contributed by atoms with Gasteiger partial charge in [-0.25, -0.2) is 0 Å². The second-order valence-electron chi connectivity index (χ2n) is 3.10. The van der Waals surface area contributed by atoms with Gasteiger partial charge in [0.1, 0.15) is 0 Å². The molecule has 2 heteroatoms. The predicted molar refractivity (Wildman–Crippen MR) is 46.9 cm³/mol. The van der Waals surface area contributed by atoms with Crippen LogP contribution in [0.5, 0.6) is 0 Å². The average molecular weight is 181 g/mol. The Labute approximate surface area is 72.9 Å². The van der Waals surface area contributed by atoms with Gasteiger partial charge in [0.15, 0.2) is 0 Å². The first-order valence-corrected chi connectivity index (χ1v) is 5.00. The molecule has 0 aliphatic heterocycles. The van der Waals surface area contributed by atoms with Crippen LogP contribution in [-0.4, -0.2) is 11.3 Å². The first-order chi connectivity index (χ1) is 4.83. The highest BCUT2D eigenvalue weighted by Crippen LogP contribution is 2.34. The lowest BCUT2D eigenvalue weighted by molar-refractivity contribution is 0.628. The summed E-state index contributed by atoms with van der Waals surface area (Å²) in [5.74, 6) is 1.72. The van der Waals surface area contributed by atoms with E-state index in [1.54, 1.807) is 0 Å². The van der Waals surface area contributed by atoms with Gasteiger partial charge in [-0.2, -0.15) is 0 Å². The van der Waals surface area contributed by atoms with Crippen LogP contribution in [0.2, 0.25) is 0 Å². The Hall–Kier alpha value is 0.580. The van der Waals surface area contributed by atoms with Crippen LogP contribution >= 0.6 is 23.2 Å². The quantitative estimate of drug-likeness (QED) is 0.570. The Kier molecular flexibility index (Phi) is 3.87. The fourth-order valence-corrected chi connectivity index (χ4v) is 1.70. The van der Waals surface area contributed by atoms with Gasteiger partial charge < -0.3 is 0 Å². The van der Waals surface area contributed by atoms with Crippen LogP contribution in [0.1, 0.15) is 32.1 Å². The molecule has 0 spiro atoms. The summed E-state index contributed by atoms with van der Waals surface area (Å²) in [5, 5.41) is 0.332. The third-order valence-electron chi connectivity index (χ3n) is 2.01. The van der Waals surface area contributed by atoms with Gasteiger partial charge >= 0.3 is 0 Å². The predicted octanol–water partition coefficient (Wildman–Crippen LogP) is 3.41. The first kappa shape index (κ1) is 8.67. The maximum atomic E-state index is 5.97. The molecule has 1 aliphatic rings. The van der Waals surface area contributed by atoms with E-state index in [1.807, 2.05) is 0 Å². The fraction of sp³-hybridized carbons (Fsp3) is 1.00. The highest BCUT2D eigenvalue weighted by Gasteiger charge is 2.21. The van der Waals surface area contributed by atoms with Crippen LogP contribution in [0.25, 0.3) is 0 Å². The van der Waals surface area contributed by atoms with E-state index in [0.29, 0.717) is 11.3 Å². The second kappa shape index (κ2) is 4.46. The minimum absolute atomic E-state index is 0.332. The fourth-order valence-electron chi connectivity index (χ4n) is 1.09. The van der Waals surface area contributed by atoms with Crippen LogP contribution in [0.15, 0.2) is 0 Å². The number of halogens is 2. The van der Waals surface area contributed by atoms with Crippen LogP contribution in [-0.2, 0) is 0 Å². The van der Waals surface area contributed by atoms with E-state index in [0.717, 1.165) is 12.3 Å². The molecule has 1 saturated carbocycles. The monoisotopic (exact) mass is 180 g/mol. The normalized spacial score (nSPS) is 21.0. The lowest BCUT2D eigenvalue weighted by Crippen LogP contribution is -1.99. The maximum Gasteiger partial charge on any atom is 0.0347 e. The Bertz CT molecular complexity index is 89.3. The van der Waals surface area contributed by atoms with Crippen molar-refractivity contribution in [3.8, 4) is 0 Å². The molecule has 1 unspecified atom stereocenters. The van der Waals surface area contributed by atoms with Gasteiger partial charge in [0.25, 0.3) is 0 Å². The summed E-state index contributed by atoms with van der Waals surface area (Å²) in [5.41, 5.74) is 0. The van der Waals surface area contributed by atoms with Crippen molar-refractivity contribution in [3.63, 3.8) is 0 Å². The minimum atomic E-state index is 0.332. The minimum Gasteiger partial charge on any atom is -0.127 e. The number of rotatable bonds is 5. The molecule has 1 rings (SSSR count). The Balaban J connectivity index is 1.89. The third kappa shape index (κ3) is 3.68.